The molecule has 2 aromatic carbocycles. The molecule has 132 valence electrons. The first-order chi connectivity index (χ1) is 12.0. The molecular formula is C20H22Br2N2O. The zero-order chi connectivity index (χ0) is 17.8. The number of rotatable bonds is 4. The summed E-state index contributed by atoms with van der Waals surface area (Å²) < 4.78 is 2.18. The molecule has 1 amide bonds. The molecule has 0 unspecified atom stereocenters. The second-order valence-corrected chi connectivity index (χ2v) is 8.40. The van der Waals surface area contributed by atoms with E-state index in [4.69, 9.17) is 0 Å². The van der Waals surface area contributed by atoms with Gasteiger partial charge in [-0.1, -0.05) is 44.0 Å². The van der Waals surface area contributed by atoms with E-state index in [1.165, 1.54) is 5.56 Å². The van der Waals surface area contributed by atoms with Crippen molar-refractivity contribution in [3.63, 3.8) is 0 Å². The summed E-state index contributed by atoms with van der Waals surface area (Å²) in [6.07, 6.45) is 1.82. The Balaban J connectivity index is 1.51. The van der Waals surface area contributed by atoms with Crippen LogP contribution in [-0.2, 0) is 11.3 Å². The zero-order valence-electron chi connectivity index (χ0n) is 14.3. The van der Waals surface area contributed by atoms with Crippen molar-refractivity contribution in [3.8, 4) is 0 Å². The Hall–Kier alpha value is -1.17. The van der Waals surface area contributed by atoms with Crippen molar-refractivity contribution in [3.05, 3.63) is 62.5 Å². The SMILES string of the molecule is Cc1cc(NC(=O)C2CCN(Cc3cccc(Br)c3)CC2)ccc1Br. The van der Waals surface area contributed by atoms with Crippen molar-refractivity contribution in [2.24, 2.45) is 5.92 Å². The topological polar surface area (TPSA) is 32.3 Å². The number of likely N-dealkylation sites (tertiary alicyclic amines) is 1. The van der Waals surface area contributed by atoms with Gasteiger partial charge in [0.1, 0.15) is 0 Å². The van der Waals surface area contributed by atoms with Gasteiger partial charge in [0.2, 0.25) is 5.91 Å². The van der Waals surface area contributed by atoms with Crippen molar-refractivity contribution < 1.29 is 4.79 Å². The van der Waals surface area contributed by atoms with E-state index >= 15 is 0 Å². The van der Waals surface area contributed by atoms with Crippen LogP contribution in [0.4, 0.5) is 5.69 Å². The van der Waals surface area contributed by atoms with Crippen LogP contribution in [0.2, 0.25) is 0 Å². The molecule has 0 spiro atoms. The largest absolute Gasteiger partial charge is 0.326 e. The summed E-state index contributed by atoms with van der Waals surface area (Å²) in [4.78, 5) is 15.0. The first kappa shape index (κ1) is 18.6. The van der Waals surface area contributed by atoms with Crippen molar-refractivity contribution in [1.82, 2.24) is 4.90 Å². The van der Waals surface area contributed by atoms with E-state index in [2.05, 4.69) is 60.3 Å². The van der Waals surface area contributed by atoms with Crippen molar-refractivity contribution in [2.75, 3.05) is 18.4 Å². The Morgan fingerprint density at radius 1 is 1.16 bits per heavy atom. The normalized spacial score (nSPS) is 16.0. The Morgan fingerprint density at radius 2 is 1.92 bits per heavy atom. The Kier molecular flexibility index (Phi) is 6.31. The van der Waals surface area contributed by atoms with E-state index in [1.54, 1.807) is 0 Å². The number of halogens is 2. The van der Waals surface area contributed by atoms with Crippen molar-refractivity contribution >= 4 is 43.5 Å². The minimum atomic E-state index is 0.0997. The molecule has 1 aliphatic rings. The molecule has 0 aliphatic carbocycles. The number of hydrogen-bond donors (Lipinski definition) is 1. The lowest BCUT2D eigenvalue weighted by Crippen LogP contribution is -2.37. The molecule has 25 heavy (non-hydrogen) atoms. The number of carbonyl (C=O) groups is 1. The minimum Gasteiger partial charge on any atom is -0.326 e. The van der Waals surface area contributed by atoms with E-state index in [9.17, 15) is 4.79 Å². The maximum Gasteiger partial charge on any atom is 0.227 e. The summed E-state index contributed by atoms with van der Waals surface area (Å²) in [6, 6.07) is 14.4. The number of hydrogen-bond acceptors (Lipinski definition) is 2. The molecule has 0 aromatic heterocycles. The van der Waals surface area contributed by atoms with E-state index < -0.39 is 0 Å². The second-order valence-electron chi connectivity index (χ2n) is 6.63. The summed E-state index contributed by atoms with van der Waals surface area (Å²) in [7, 11) is 0. The second kappa shape index (κ2) is 8.47. The minimum absolute atomic E-state index is 0.0997. The summed E-state index contributed by atoms with van der Waals surface area (Å²) in [5.74, 6) is 0.242. The highest BCUT2D eigenvalue weighted by atomic mass is 79.9. The van der Waals surface area contributed by atoms with E-state index in [0.717, 1.165) is 52.7 Å². The maximum absolute atomic E-state index is 12.5. The summed E-state index contributed by atoms with van der Waals surface area (Å²) in [5, 5.41) is 3.07. The van der Waals surface area contributed by atoms with E-state index in [0.29, 0.717) is 0 Å². The molecule has 5 heteroatoms. The smallest absolute Gasteiger partial charge is 0.227 e. The highest BCUT2D eigenvalue weighted by Crippen LogP contribution is 2.24. The molecule has 0 atom stereocenters. The third-order valence-corrected chi connectivity index (χ3v) is 6.06. The molecule has 2 aromatic rings. The fourth-order valence-electron chi connectivity index (χ4n) is 3.21. The number of aryl methyl sites for hydroxylation is 1. The monoisotopic (exact) mass is 464 g/mol. The molecule has 1 saturated heterocycles. The highest BCUT2D eigenvalue weighted by molar-refractivity contribution is 9.10. The average molecular weight is 466 g/mol. The van der Waals surface area contributed by atoms with Crippen LogP contribution in [0.25, 0.3) is 0 Å². The van der Waals surface area contributed by atoms with Crippen molar-refractivity contribution in [2.45, 2.75) is 26.3 Å². The molecular weight excluding hydrogens is 444 g/mol. The first-order valence-electron chi connectivity index (χ1n) is 8.55. The van der Waals surface area contributed by atoms with Gasteiger partial charge in [0.15, 0.2) is 0 Å². The molecule has 1 N–H and O–H groups in total. The van der Waals surface area contributed by atoms with Crippen LogP contribution in [0.1, 0.15) is 24.0 Å². The number of nitrogens with one attached hydrogen (secondary N) is 1. The Labute approximate surface area is 166 Å². The van der Waals surface area contributed by atoms with Gasteiger partial charge in [-0.3, -0.25) is 9.69 Å². The standard InChI is InChI=1S/C20H22Br2N2O/c1-14-11-18(5-6-19(14)22)23-20(25)16-7-9-24(10-8-16)13-15-3-2-4-17(21)12-15/h2-6,11-12,16H,7-10,13H2,1H3,(H,23,25). The molecule has 1 aliphatic heterocycles. The first-order valence-corrected chi connectivity index (χ1v) is 10.1. The molecule has 1 heterocycles. The van der Waals surface area contributed by atoms with Gasteiger partial charge in [0.05, 0.1) is 0 Å². The number of carbonyl (C=O) groups excluding carboxylic acids is 1. The number of benzene rings is 2. The van der Waals surface area contributed by atoms with Crippen LogP contribution < -0.4 is 5.32 Å². The van der Waals surface area contributed by atoms with Crippen LogP contribution in [0.5, 0.6) is 0 Å². The fourth-order valence-corrected chi connectivity index (χ4v) is 3.91. The molecule has 0 radical (unpaired) electrons. The maximum atomic E-state index is 12.5. The molecule has 3 nitrogen and oxygen atoms in total. The third kappa shape index (κ3) is 5.16. The predicted molar refractivity (Wildman–Crippen MR) is 110 cm³/mol. The molecule has 0 bridgehead atoms. The number of amides is 1. The summed E-state index contributed by atoms with van der Waals surface area (Å²) >= 11 is 7.01. The number of anilines is 1. The van der Waals surface area contributed by atoms with Gasteiger partial charge in [-0.05, 0) is 74.3 Å². The van der Waals surface area contributed by atoms with E-state index in [1.807, 2.05) is 31.2 Å². The van der Waals surface area contributed by atoms with Gasteiger partial charge < -0.3 is 5.32 Å². The number of piperidine rings is 1. The van der Waals surface area contributed by atoms with Crippen molar-refractivity contribution in [1.29, 1.82) is 0 Å². The predicted octanol–water partition coefficient (Wildman–Crippen LogP) is 5.37. The van der Waals surface area contributed by atoms with Crippen LogP contribution in [-0.4, -0.2) is 23.9 Å². The van der Waals surface area contributed by atoms with Crippen LogP contribution in [0.15, 0.2) is 51.4 Å². The Morgan fingerprint density at radius 3 is 2.60 bits per heavy atom. The molecule has 0 saturated carbocycles. The fraction of sp³-hybridized carbons (Fsp3) is 0.350. The van der Waals surface area contributed by atoms with Gasteiger partial charge in [-0.25, -0.2) is 0 Å². The molecule has 3 rings (SSSR count). The summed E-state index contributed by atoms with van der Waals surface area (Å²) in [6.45, 7) is 4.90. The lowest BCUT2D eigenvalue weighted by Gasteiger charge is -2.31. The van der Waals surface area contributed by atoms with Crippen LogP contribution >= 0.6 is 31.9 Å². The quantitative estimate of drug-likeness (QED) is 0.658. The van der Waals surface area contributed by atoms with Gasteiger partial charge in [0, 0.05) is 27.1 Å². The van der Waals surface area contributed by atoms with Gasteiger partial charge in [-0.2, -0.15) is 0 Å². The van der Waals surface area contributed by atoms with Gasteiger partial charge in [-0.15, -0.1) is 0 Å². The van der Waals surface area contributed by atoms with Gasteiger partial charge >= 0.3 is 0 Å². The molecule has 1 fully saturated rings. The Bertz CT molecular complexity index is 755. The van der Waals surface area contributed by atoms with E-state index in [-0.39, 0.29) is 11.8 Å². The van der Waals surface area contributed by atoms with Gasteiger partial charge in [0.25, 0.3) is 0 Å². The lowest BCUT2D eigenvalue weighted by molar-refractivity contribution is -0.121. The average Bonchev–Trinajstić information content (AvgIpc) is 2.59. The van der Waals surface area contributed by atoms with Crippen LogP contribution in [0.3, 0.4) is 0 Å². The third-order valence-electron chi connectivity index (χ3n) is 4.68. The lowest BCUT2D eigenvalue weighted by atomic mass is 9.95. The highest BCUT2D eigenvalue weighted by Gasteiger charge is 2.25. The zero-order valence-corrected chi connectivity index (χ0v) is 17.4. The summed E-state index contributed by atoms with van der Waals surface area (Å²) in [5.41, 5.74) is 3.31. The number of nitrogens with zero attached hydrogens (tertiary/aromatic N) is 1. The van der Waals surface area contributed by atoms with Crippen LogP contribution in [0, 0.1) is 12.8 Å².